The molecule has 0 saturated carbocycles. The average Bonchev–Trinajstić information content (AvgIpc) is 2.72. The Hall–Kier alpha value is -3.41. The van der Waals surface area contributed by atoms with Gasteiger partial charge in [-0.1, -0.05) is 43.0 Å². The summed E-state index contributed by atoms with van der Waals surface area (Å²) in [6, 6.07) is 15.4. The molecule has 0 unspecified atom stereocenters. The molecule has 0 aliphatic rings. The fourth-order valence-electron chi connectivity index (χ4n) is 2.72. The molecule has 0 spiro atoms. The summed E-state index contributed by atoms with van der Waals surface area (Å²) in [4.78, 5) is 23.8. The van der Waals surface area contributed by atoms with Gasteiger partial charge in [-0.3, -0.25) is 4.79 Å². The Balaban J connectivity index is 1.96. The van der Waals surface area contributed by atoms with Gasteiger partial charge in [0.05, 0.1) is 12.8 Å². The van der Waals surface area contributed by atoms with E-state index >= 15 is 0 Å². The normalized spacial score (nSPS) is 10.1. The van der Waals surface area contributed by atoms with Crippen LogP contribution in [0, 0.1) is 6.92 Å². The number of nitrogens with zero attached hydrogens (tertiary/aromatic N) is 2. The second-order valence-corrected chi connectivity index (χ2v) is 6.26. The molecule has 0 bridgehead atoms. The zero-order chi connectivity index (χ0) is 20.5. The van der Waals surface area contributed by atoms with E-state index in [0.717, 1.165) is 16.7 Å². The first-order valence-corrected chi connectivity index (χ1v) is 8.90. The Labute approximate surface area is 165 Å². The summed E-state index contributed by atoms with van der Waals surface area (Å²) in [6.07, 6.45) is 1.15. The Morgan fingerprint density at radius 1 is 1.18 bits per heavy atom. The largest absolute Gasteiger partial charge is 0.464 e. The van der Waals surface area contributed by atoms with Gasteiger partial charge in [-0.2, -0.15) is 5.10 Å². The van der Waals surface area contributed by atoms with Gasteiger partial charge in [0, 0.05) is 19.7 Å². The first-order valence-electron chi connectivity index (χ1n) is 8.90. The summed E-state index contributed by atoms with van der Waals surface area (Å²) < 4.78 is 4.67. The van der Waals surface area contributed by atoms with Gasteiger partial charge in [0.1, 0.15) is 5.70 Å². The van der Waals surface area contributed by atoms with E-state index in [-0.39, 0.29) is 11.6 Å². The molecule has 1 amide bonds. The van der Waals surface area contributed by atoms with Crippen molar-refractivity contribution in [2.45, 2.75) is 26.3 Å². The van der Waals surface area contributed by atoms with Crippen LogP contribution in [0.1, 0.15) is 23.1 Å². The summed E-state index contributed by atoms with van der Waals surface area (Å²) in [6.45, 7) is 9.53. The van der Waals surface area contributed by atoms with Crippen LogP contribution < -0.4 is 10.3 Å². The lowest BCUT2D eigenvalue weighted by Gasteiger charge is -2.20. The molecule has 1 N–H and O–H groups in total. The number of nitrogens with one attached hydrogen (secondary N) is 1. The summed E-state index contributed by atoms with van der Waals surface area (Å²) in [5.74, 6) is -0.583. The van der Waals surface area contributed by atoms with E-state index in [0.29, 0.717) is 25.1 Å². The van der Waals surface area contributed by atoms with Crippen LogP contribution in [-0.4, -0.2) is 25.7 Å². The number of benzene rings is 2. The van der Waals surface area contributed by atoms with Gasteiger partial charge in [-0.05, 0) is 42.2 Å². The van der Waals surface area contributed by atoms with Crippen molar-refractivity contribution in [3.63, 3.8) is 0 Å². The minimum Gasteiger partial charge on any atom is -0.464 e. The number of hydrogen-bond acceptors (Lipinski definition) is 5. The third kappa shape index (κ3) is 5.54. The number of carbonyl (C=O) groups excluding carboxylic acids is 2. The van der Waals surface area contributed by atoms with Crippen LogP contribution in [0.25, 0.3) is 0 Å². The van der Waals surface area contributed by atoms with Gasteiger partial charge >= 0.3 is 5.97 Å². The minimum atomic E-state index is -0.584. The van der Waals surface area contributed by atoms with Crippen molar-refractivity contribution in [1.82, 2.24) is 5.32 Å². The van der Waals surface area contributed by atoms with Crippen LogP contribution in [0.2, 0.25) is 0 Å². The van der Waals surface area contributed by atoms with Gasteiger partial charge < -0.3 is 10.1 Å². The predicted octanol–water partition coefficient (Wildman–Crippen LogP) is 3.35. The number of amides is 1. The van der Waals surface area contributed by atoms with Crippen LogP contribution >= 0.6 is 0 Å². The second-order valence-electron chi connectivity index (χ2n) is 6.26. The molecule has 0 aliphatic heterocycles. The quantitative estimate of drug-likeness (QED) is 0.314. The molecule has 0 aliphatic carbocycles. The van der Waals surface area contributed by atoms with Gasteiger partial charge in [-0.15, -0.1) is 0 Å². The summed E-state index contributed by atoms with van der Waals surface area (Å²) in [7, 11) is 1.28. The Morgan fingerprint density at radius 2 is 1.89 bits per heavy atom. The number of methoxy groups -OCH3 is 1. The first-order chi connectivity index (χ1) is 13.5. The van der Waals surface area contributed by atoms with Crippen molar-refractivity contribution in [1.29, 1.82) is 0 Å². The molecular formula is C22H25N3O3. The maximum absolute atomic E-state index is 12.1. The molecule has 0 aromatic heterocycles. The van der Waals surface area contributed by atoms with Crippen molar-refractivity contribution in [3.8, 4) is 0 Å². The number of rotatable bonds is 9. The number of esters is 1. The van der Waals surface area contributed by atoms with Gasteiger partial charge in [0.25, 0.3) is 0 Å². The van der Waals surface area contributed by atoms with E-state index in [1.807, 2.05) is 49.4 Å². The van der Waals surface area contributed by atoms with E-state index in [4.69, 9.17) is 0 Å². The molecular weight excluding hydrogens is 354 g/mol. The van der Waals surface area contributed by atoms with E-state index in [2.05, 4.69) is 28.5 Å². The molecule has 0 radical (unpaired) electrons. The van der Waals surface area contributed by atoms with Crippen molar-refractivity contribution in [2.75, 3.05) is 12.1 Å². The lowest BCUT2D eigenvalue weighted by atomic mass is 10.1. The Morgan fingerprint density at radius 3 is 2.50 bits per heavy atom. The van der Waals surface area contributed by atoms with Gasteiger partial charge in [0.15, 0.2) is 0 Å². The lowest BCUT2D eigenvalue weighted by Crippen LogP contribution is -2.24. The fraction of sp³-hybridized carbons (Fsp3) is 0.227. The third-order valence-corrected chi connectivity index (χ3v) is 4.35. The highest BCUT2D eigenvalue weighted by Gasteiger charge is 2.17. The standard InChI is InChI=1S/C22H25N3O3/c1-16-14-20(25(23-3)17(2)22(27)28-4)12-11-19(16)15-24-21(26)13-10-18-8-6-5-7-9-18/h5-9,11-12,14H,2-3,10,13,15H2,1,4H3,(H,24,26). The van der Waals surface area contributed by atoms with Gasteiger partial charge in [-0.25, -0.2) is 9.80 Å². The number of anilines is 1. The maximum atomic E-state index is 12.1. The number of ether oxygens (including phenoxy) is 1. The molecule has 0 atom stereocenters. The van der Waals surface area contributed by atoms with E-state index < -0.39 is 5.97 Å². The van der Waals surface area contributed by atoms with E-state index in [9.17, 15) is 9.59 Å². The summed E-state index contributed by atoms with van der Waals surface area (Å²) in [5.41, 5.74) is 3.78. The smallest absolute Gasteiger partial charge is 0.356 e. The Bertz CT molecular complexity index is 863. The van der Waals surface area contributed by atoms with Crippen LogP contribution in [0.4, 0.5) is 5.69 Å². The number of hydrazone groups is 1. The SMILES string of the molecule is C=NN(C(=C)C(=O)OC)c1ccc(CNC(=O)CCc2ccccc2)c(C)c1. The highest BCUT2D eigenvalue weighted by molar-refractivity contribution is 5.92. The number of carbonyl (C=O) groups is 2. The van der Waals surface area contributed by atoms with Crippen LogP contribution in [-0.2, 0) is 27.3 Å². The van der Waals surface area contributed by atoms with Crippen LogP contribution in [0.15, 0.2) is 65.9 Å². The minimum absolute atomic E-state index is 0.000725. The molecule has 2 aromatic carbocycles. The van der Waals surface area contributed by atoms with E-state index in [1.165, 1.54) is 12.1 Å². The third-order valence-electron chi connectivity index (χ3n) is 4.35. The molecule has 2 aromatic rings. The molecule has 146 valence electrons. The monoisotopic (exact) mass is 379 g/mol. The molecule has 0 saturated heterocycles. The maximum Gasteiger partial charge on any atom is 0.356 e. The molecule has 6 heteroatoms. The first kappa shape index (κ1) is 20.9. The number of hydrogen-bond donors (Lipinski definition) is 1. The topological polar surface area (TPSA) is 71.0 Å². The second kappa shape index (κ2) is 10.1. The van der Waals surface area contributed by atoms with E-state index in [1.54, 1.807) is 6.07 Å². The molecule has 28 heavy (non-hydrogen) atoms. The predicted molar refractivity (Wildman–Crippen MR) is 111 cm³/mol. The molecule has 6 nitrogen and oxygen atoms in total. The zero-order valence-corrected chi connectivity index (χ0v) is 16.3. The molecule has 2 rings (SSSR count). The highest BCUT2D eigenvalue weighted by atomic mass is 16.5. The Kier molecular flexibility index (Phi) is 7.51. The van der Waals surface area contributed by atoms with Crippen molar-refractivity contribution >= 4 is 24.3 Å². The number of aryl methyl sites for hydroxylation is 2. The summed E-state index contributed by atoms with van der Waals surface area (Å²) in [5, 5.41) is 8.10. The lowest BCUT2D eigenvalue weighted by molar-refractivity contribution is -0.136. The van der Waals surface area contributed by atoms with Gasteiger partial charge in [0.2, 0.25) is 5.91 Å². The van der Waals surface area contributed by atoms with Crippen molar-refractivity contribution in [2.24, 2.45) is 5.10 Å². The highest BCUT2D eigenvalue weighted by Crippen LogP contribution is 2.23. The van der Waals surface area contributed by atoms with Crippen LogP contribution in [0.3, 0.4) is 0 Å². The molecule has 0 fully saturated rings. The fourth-order valence-corrected chi connectivity index (χ4v) is 2.72. The van der Waals surface area contributed by atoms with Crippen molar-refractivity contribution in [3.05, 3.63) is 77.5 Å². The van der Waals surface area contributed by atoms with Crippen LogP contribution in [0.5, 0.6) is 0 Å². The summed E-state index contributed by atoms with van der Waals surface area (Å²) >= 11 is 0. The zero-order valence-electron chi connectivity index (χ0n) is 16.3. The van der Waals surface area contributed by atoms with Crippen molar-refractivity contribution < 1.29 is 14.3 Å². The molecule has 0 heterocycles. The average molecular weight is 379 g/mol.